The summed E-state index contributed by atoms with van der Waals surface area (Å²) < 4.78 is 11.9. The SMILES string of the molecule is c1ccc2c(c1)oc1ccc(CCc3ccc(-c4ccc(CCc5ccc6oc7ccccc7c6c5)cn4)nc3)cc12. The summed E-state index contributed by atoms with van der Waals surface area (Å²) in [6, 6.07) is 37.9. The standard InChI is InChI=1S/C38H28N2O2/c1-3-7-35-29(5-1)31-21-25(15-19-37(31)41-35)9-11-27-13-17-33(39-23-27)34-18-14-28(24-40-34)12-10-26-16-20-38-32(22-26)30-6-2-4-8-36(30)42-38/h1-8,13-24H,9-12H2. The van der Waals surface area contributed by atoms with Crippen LogP contribution in [-0.4, -0.2) is 9.97 Å². The van der Waals surface area contributed by atoms with E-state index in [0.29, 0.717) is 0 Å². The first-order valence-corrected chi connectivity index (χ1v) is 14.5. The number of aromatic nitrogens is 2. The predicted octanol–water partition coefficient (Wildman–Crippen LogP) is 9.51. The number of pyridine rings is 2. The summed E-state index contributed by atoms with van der Waals surface area (Å²) in [7, 11) is 0. The van der Waals surface area contributed by atoms with Gasteiger partial charge in [-0.25, -0.2) is 0 Å². The molecule has 0 aliphatic rings. The van der Waals surface area contributed by atoms with E-state index in [0.717, 1.165) is 59.4 Å². The molecule has 8 aromatic rings. The van der Waals surface area contributed by atoms with E-state index in [2.05, 4.69) is 84.9 Å². The largest absolute Gasteiger partial charge is 0.456 e. The summed E-state index contributed by atoms with van der Waals surface area (Å²) in [5.41, 5.74) is 10.6. The van der Waals surface area contributed by atoms with Gasteiger partial charge >= 0.3 is 0 Å². The summed E-state index contributed by atoms with van der Waals surface area (Å²) in [5.74, 6) is 0. The van der Waals surface area contributed by atoms with Crippen LogP contribution in [0, 0.1) is 0 Å². The van der Waals surface area contributed by atoms with E-state index in [4.69, 9.17) is 18.8 Å². The van der Waals surface area contributed by atoms with Crippen molar-refractivity contribution in [2.24, 2.45) is 0 Å². The number of benzene rings is 4. The highest BCUT2D eigenvalue weighted by Crippen LogP contribution is 2.31. The van der Waals surface area contributed by atoms with Crippen LogP contribution >= 0.6 is 0 Å². The molecule has 0 radical (unpaired) electrons. The van der Waals surface area contributed by atoms with Crippen LogP contribution in [0.4, 0.5) is 0 Å². The Kier molecular flexibility index (Phi) is 6.03. The maximum Gasteiger partial charge on any atom is 0.135 e. The van der Waals surface area contributed by atoms with Crippen molar-refractivity contribution in [3.05, 3.63) is 144 Å². The second-order valence-corrected chi connectivity index (χ2v) is 11.0. The van der Waals surface area contributed by atoms with Crippen LogP contribution in [0.5, 0.6) is 0 Å². The van der Waals surface area contributed by atoms with Gasteiger partial charge in [-0.15, -0.1) is 0 Å². The highest BCUT2D eigenvalue weighted by Gasteiger charge is 2.09. The van der Waals surface area contributed by atoms with Crippen molar-refractivity contribution in [3.63, 3.8) is 0 Å². The molecule has 8 rings (SSSR count). The van der Waals surface area contributed by atoms with E-state index in [1.165, 1.54) is 43.8 Å². The molecule has 4 aromatic heterocycles. The summed E-state index contributed by atoms with van der Waals surface area (Å²) >= 11 is 0. The Labute approximate surface area is 243 Å². The third kappa shape index (κ3) is 4.61. The molecule has 0 fully saturated rings. The second-order valence-electron chi connectivity index (χ2n) is 11.0. The number of hydrogen-bond donors (Lipinski definition) is 0. The van der Waals surface area contributed by atoms with Gasteiger partial charge in [0.15, 0.2) is 0 Å². The zero-order valence-corrected chi connectivity index (χ0v) is 23.1. The molecule has 0 aliphatic heterocycles. The molecule has 0 saturated heterocycles. The van der Waals surface area contributed by atoms with Gasteiger partial charge in [-0.3, -0.25) is 9.97 Å². The van der Waals surface area contributed by atoms with E-state index in [-0.39, 0.29) is 0 Å². The number of para-hydroxylation sites is 2. The van der Waals surface area contributed by atoms with Crippen molar-refractivity contribution < 1.29 is 8.83 Å². The summed E-state index contributed by atoms with van der Waals surface area (Å²) in [4.78, 5) is 9.46. The smallest absolute Gasteiger partial charge is 0.135 e. The lowest BCUT2D eigenvalue weighted by molar-refractivity contribution is 0.668. The molecule has 0 spiro atoms. The number of aryl methyl sites for hydroxylation is 4. The van der Waals surface area contributed by atoms with Crippen LogP contribution in [-0.2, 0) is 25.7 Å². The van der Waals surface area contributed by atoms with Crippen LogP contribution in [0.25, 0.3) is 55.3 Å². The molecule has 0 aliphatic carbocycles. The lowest BCUT2D eigenvalue weighted by Crippen LogP contribution is -1.95. The maximum absolute atomic E-state index is 5.97. The van der Waals surface area contributed by atoms with Crippen molar-refractivity contribution in [3.8, 4) is 11.4 Å². The normalized spacial score (nSPS) is 11.7. The monoisotopic (exact) mass is 544 g/mol. The Balaban J connectivity index is 0.911. The molecule has 4 aromatic carbocycles. The highest BCUT2D eigenvalue weighted by atomic mass is 16.3. The first kappa shape index (κ1) is 24.6. The number of furan rings is 2. The molecule has 0 atom stereocenters. The quantitative estimate of drug-likeness (QED) is 0.200. The van der Waals surface area contributed by atoms with Crippen LogP contribution in [0.2, 0.25) is 0 Å². The van der Waals surface area contributed by atoms with Gasteiger partial charge in [0.1, 0.15) is 22.3 Å². The van der Waals surface area contributed by atoms with Crippen LogP contribution in [0.15, 0.2) is 130 Å². The van der Waals surface area contributed by atoms with E-state index in [1.54, 1.807) is 0 Å². The van der Waals surface area contributed by atoms with Gasteiger partial charge in [0.05, 0.1) is 11.4 Å². The maximum atomic E-state index is 5.97. The zero-order valence-electron chi connectivity index (χ0n) is 23.1. The lowest BCUT2D eigenvalue weighted by Gasteiger charge is -2.06. The Bertz CT molecular complexity index is 2030. The molecular weight excluding hydrogens is 516 g/mol. The van der Waals surface area contributed by atoms with E-state index in [9.17, 15) is 0 Å². The second kappa shape index (κ2) is 10.3. The topological polar surface area (TPSA) is 52.1 Å². The molecule has 42 heavy (non-hydrogen) atoms. The van der Waals surface area contributed by atoms with Crippen molar-refractivity contribution >= 4 is 43.9 Å². The van der Waals surface area contributed by atoms with Gasteiger partial charge in [0, 0.05) is 33.9 Å². The van der Waals surface area contributed by atoms with Crippen molar-refractivity contribution in [2.45, 2.75) is 25.7 Å². The average molecular weight is 545 g/mol. The molecular formula is C38H28N2O2. The minimum Gasteiger partial charge on any atom is -0.456 e. The van der Waals surface area contributed by atoms with Crippen LogP contribution in [0.1, 0.15) is 22.3 Å². The third-order valence-electron chi connectivity index (χ3n) is 8.20. The van der Waals surface area contributed by atoms with Gasteiger partial charge in [0.25, 0.3) is 0 Å². The number of nitrogens with zero attached hydrogens (tertiary/aromatic N) is 2. The Morgan fingerprint density at radius 3 is 1.24 bits per heavy atom. The number of hydrogen-bond acceptors (Lipinski definition) is 4. The summed E-state index contributed by atoms with van der Waals surface area (Å²) in [6.45, 7) is 0. The fraction of sp³-hybridized carbons (Fsp3) is 0.105. The summed E-state index contributed by atoms with van der Waals surface area (Å²) in [6.07, 6.45) is 7.72. The average Bonchev–Trinajstić information content (AvgIpc) is 3.61. The lowest BCUT2D eigenvalue weighted by atomic mass is 10.0. The number of rotatable bonds is 7. The minimum atomic E-state index is 0.897. The highest BCUT2D eigenvalue weighted by molar-refractivity contribution is 6.05. The Morgan fingerprint density at radius 1 is 0.381 bits per heavy atom. The van der Waals surface area contributed by atoms with E-state index < -0.39 is 0 Å². The van der Waals surface area contributed by atoms with Gasteiger partial charge in [0.2, 0.25) is 0 Å². The van der Waals surface area contributed by atoms with E-state index in [1.807, 2.05) is 36.7 Å². The van der Waals surface area contributed by atoms with Crippen LogP contribution < -0.4 is 0 Å². The Morgan fingerprint density at radius 2 is 0.786 bits per heavy atom. The van der Waals surface area contributed by atoms with Crippen LogP contribution in [0.3, 0.4) is 0 Å². The predicted molar refractivity (Wildman–Crippen MR) is 170 cm³/mol. The first-order chi connectivity index (χ1) is 20.8. The molecule has 0 amide bonds. The molecule has 0 bridgehead atoms. The molecule has 202 valence electrons. The van der Waals surface area contributed by atoms with Gasteiger partial charge in [-0.1, -0.05) is 60.7 Å². The molecule has 0 N–H and O–H groups in total. The minimum absolute atomic E-state index is 0.897. The van der Waals surface area contributed by atoms with Gasteiger partial charge in [-0.05, 0) is 96.5 Å². The van der Waals surface area contributed by atoms with Gasteiger partial charge in [-0.2, -0.15) is 0 Å². The molecule has 4 nitrogen and oxygen atoms in total. The fourth-order valence-corrected chi connectivity index (χ4v) is 5.88. The Hall–Kier alpha value is -5.22. The van der Waals surface area contributed by atoms with E-state index >= 15 is 0 Å². The molecule has 0 saturated carbocycles. The summed E-state index contributed by atoms with van der Waals surface area (Å²) in [5, 5.41) is 4.70. The third-order valence-corrected chi connectivity index (χ3v) is 8.20. The molecule has 4 heterocycles. The molecule has 0 unspecified atom stereocenters. The van der Waals surface area contributed by atoms with Gasteiger partial charge < -0.3 is 8.83 Å². The molecule has 4 heteroatoms. The number of fused-ring (bicyclic) bond motifs is 6. The fourth-order valence-electron chi connectivity index (χ4n) is 5.88. The van der Waals surface area contributed by atoms with Crippen molar-refractivity contribution in [2.75, 3.05) is 0 Å². The zero-order chi connectivity index (χ0) is 27.9. The first-order valence-electron chi connectivity index (χ1n) is 14.5. The van der Waals surface area contributed by atoms with Crippen molar-refractivity contribution in [1.82, 2.24) is 9.97 Å². The van der Waals surface area contributed by atoms with Crippen molar-refractivity contribution in [1.29, 1.82) is 0 Å².